The van der Waals surface area contributed by atoms with Crippen LogP contribution in [0.4, 0.5) is 5.69 Å². The molecule has 5 nitrogen and oxygen atoms in total. The maximum Gasteiger partial charge on any atom is 0.251 e. The zero-order valence-corrected chi connectivity index (χ0v) is 20.2. The quantitative estimate of drug-likeness (QED) is 0.374. The van der Waals surface area contributed by atoms with Crippen LogP contribution in [0.1, 0.15) is 34.3 Å². The summed E-state index contributed by atoms with van der Waals surface area (Å²) in [5.41, 5.74) is 7.03. The summed E-state index contributed by atoms with van der Waals surface area (Å²) < 4.78 is 0. The Morgan fingerprint density at radius 3 is 2.53 bits per heavy atom. The molecule has 0 spiro atoms. The van der Waals surface area contributed by atoms with Crippen molar-refractivity contribution in [1.82, 2.24) is 15.2 Å². The Labute approximate surface area is 201 Å². The Bertz CT molecular complexity index is 1300. The van der Waals surface area contributed by atoms with Crippen molar-refractivity contribution in [1.29, 1.82) is 0 Å². The third-order valence-corrected chi connectivity index (χ3v) is 7.24. The summed E-state index contributed by atoms with van der Waals surface area (Å²) in [4.78, 5) is 21.2. The number of benzene rings is 3. The van der Waals surface area contributed by atoms with Gasteiger partial charge in [-0.25, -0.2) is 0 Å². The van der Waals surface area contributed by atoms with E-state index in [-0.39, 0.29) is 5.91 Å². The lowest BCUT2D eigenvalue weighted by Gasteiger charge is -2.37. The number of aromatic nitrogens is 1. The van der Waals surface area contributed by atoms with Crippen LogP contribution in [0.5, 0.6) is 0 Å². The number of aromatic amines is 1. The highest BCUT2D eigenvalue weighted by Crippen LogP contribution is 2.26. The molecule has 2 heterocycles. The lowest BCUT2D eigenvalue weighted by molar-refractivity contribution is 0.0952. The van der Waals surface area contributed by atoms with E-state index in [1.54, 1.807) is 0 Å². The molecule has 4 aromatic rings. The summed E-state index contributed by atoms with van der Waals surface area (Å²) in [7, 11) is 0. The molecule has 1 aliphatic rings. The highest BCUT2D eigenvalue weighted by molar-refractivity contribution is 6.09. The topological polar surface area (TPSA) is 51.4 Å². The number of hydrogen-bond donors (Lipinski definition) is 2. The van der Waals surface area contributed by atoms with Crippen LogP contribution in [0.25, 0.3) is 21.8 Å². The molecular weight excluding hydrogens is 420 g/mol. The molecule has 1 saturated heterocycles. The van der Waals surface area contributed by atoms with E-state index in [1.165, 1.54) is 16.8 Å². The van der Waals surface area contributed by atoms with Gasteiger partial charge in [0.1, 0.15) is 0 Å². The van der Waals surface area contributed by atoms with Gasteiger partial charge in [-0.3, -0.25) is 9.69 Å². The second-order valence-electron chi connectivity index (χ2n) is 9.44. The van der Waals surface area contributed by atoms with Gasteiger partial charge in [-0.1, -0.05) is 30.3 Å². The average molecular weight is 455 g/mol. The molecule has 0 atom stereocenters. The molecule has 0 aliphatic carbocycles. The van der Waals surface area contributed by atoms with E-state index in [9.17, 15) is 4.79 Å². The molecule has 1 aromatic heterocycles. The van der Waals surface area contributed by atoms with Crippen molar-refractivity contribution < 1.29 is 4.79 Å². The number of carbonyl (C=O) groups excluding carboxylic acids is 1. The molecule has 176 valence electrons. The number of amides is 1. The lowest BCUT2D eigenvalue weighted by Crippen LogP contribution is -2.47. The summed E-state index contributed by atoms with van der Waals surface area (Å²) in [5.74, 6) is 0.00863. The van der Waals surface area contributed by atoms with E-state index in [4.69, 9.17) is 0 Å². The molecule has 0 saturated carbocycles. The minimum Gasteiger partial charge on any atom is -0.369 e. The molecule has 0 unspecified atom stereocenters. The van der Waals surface area contributed by atoms with E-state index < -0.39 is 0 Å². The molecule has 1 aliphatic heterocycles. The van der Waals surface area contributed by atoms with Gasteiger partial charge in [0, 0.05) is 65.8 Å². The Morgan fingerprint density at radius 2 is 1.68 bits per heavy atom. The predicted molar refractivity (Wildman–Crippen MR) is 142 cm³/mol. The maximum absolute atomic E-state index is 12.7. The molecule has 34 heavy (non-hydrogen) atoms. The molecule has 1 amide bonds. The number of para-hydroxylation sites is 1. The summed E-state index contributed by atoms with van der Waals surface area (Å²) in [6.07, 6.45) is 2.10. The highest BCUT2D eigenvalue weighted by atomic mass is 16.1. The van der Waals surface area contributed by atoms with Gasteiger partial charge in [0.05, 0.1) is 0 Å². The molecule has 3 aromatic carbocycles. The Balaban J connectivity index is 1.06. The van der Waals surface area contributed by atoms with Gasteiger partial charge in [-0.2, -0.15) is 0 Å². The van der Waals surface area contributed by atoms with E-state index in [0.717, 1.165) is 72.9 Å². The standard InChI is InChI=1S/C29H34N4O/c1-21-8-7-11-28(22(21)2)33-18-16-32(17-19-33)15-6-5-14-30-29(34)23-12-13-27-25(20-23)24-9-3-4-10-26(24)31-27/h3-4,7-13,20,31H,5-6,14-19H2,1-2H3,(H,30,34). The number of carbonyl (C=O) groups is 1. The third-order valence-electron chi connectivity index (χ3n) is 7.24. The second-order valence-corrected chi connectivity index (χ2v) is 9.44. The molecule has 1 fully saturated rings. The molecule has 5 rings (SSSR count). The molecule has 0 radical (unpaired) electrons. The van der Waals surface area contributed by atoms with Crippen molar-refractivity contribution in [3.05, 3.63) is 77.4 Å². The van der Waals surface area contributed by atoms with Gasteiger partial charge < -0.3 is 15.2 Å². The van der Waals surface area contributed by atoms with Crippen LogP contribution in [-0.4, -0.2) is 55.1 Å². The maximum atomic E-state index is 12.7. The predicted octanol–water partition coefficient (Wildman–Crippen LogP) is 5.27. The van der Waals surface area contributed by atoms with Crippen molar-refractivity contribution >= 4 is 33.4 Å². The number of nitrogens with zero attached hydrogens (tertiary/aromatic N) is 2. The normalized spacial score (nSPS) is 14.7. The number of piperazine rings is 1. The first-order chi connectivity index (χ1) is 16.6. The number of rotatable bonds is 7. The third kappa shape index (κ3) is 4.66. The minimum absolute atomic E-state index is 0.00863. The Morgan fingerprint density at radius 1 is 0.882 bits per heavy atom. The fourth-order valence-corrected chi connectivity index (χ4v) is 5.04. The van der Waals surface area contributed by atoms with Crippen LogP contribution in [0, 0.1) is 13.8 Å². The largest absolute Gasteiger partial charge is 0.369 e. The van der Waals surface area contributed by atoms with E-state index >= 15 is 0 Å². The van der Waals surface area contributed by atoms with Crippen molar-refractivity contribution in [3.8, 4) is 0 Å². The van der Waals surface area contributed by atoms with Crippen molar-refractivity contribution in [2.75, 3.05) is 44.2 Å². The minimum atomic E-state index is 0.00863. The van der Waals surface area contributed by atoms with Crippen molar-refractivity contribution in [2.45, 2.75) is 26.7 Å². The first kappa shape index (κ1) is 22.5. The van der Waals surface area contributed by atoms with Crippen LogP contribution in [-0.2, 0) is 0 Å². The zero-order chi connectivity index (χ0) is 23.5. The molecular formula is C29H34N4O. The van der Waals surface area contributed by atoms with Crippen LogP contribution in [0.3, 0.4) is 0 Å². The number of anilines is 1. The first-order valence-corrected chi connectivity index (χ1v) is 12.4. The molecule has 0 bridgehead atoms. The average Bonchev–Trinajstić information content (AvgIpc) is 3.24. The number of aryl methyl sites for hydroxylation is 1. The SMILES string of the molecule is Cc1cccc(N2CCN(CCCCNC(=O)c3ccc4[nH]c5ccccc5c4c3)CC2)c1C. The molecule has 2 N–H and O–H groups in total. The summed E-state index contributed by atoms with van der Waals surface area (Å²) in [6.45, 7) is 10.6. The van der Waals surface area contributed by atoms with Crippen LogP contribution in [0.2, 0.25) is 0 Å². The summed E-state index contributed by atoms with van der Waals surface area (Å²) >= 11 is 0. The van der Waals surface area contributed by atoms with E-state index in [1.807, 2.05) is 30.3 Å². The Hall–Kier alpha value is -3.31. The number of H-pyrrole nitrogens is 1. The van der Waals surface area contributed by atoms with Crippen LogP contribution < -0.4 is 10.2 Å². The number of fused-ring (bicyclic) bond motifs is 3. The zero-order valence-electron chi connectivity index (χ0n) is 20.2. The van der Waals surface area contributed by atoms with Gasteiger partial charge in [0.25, 0.3) is 5.91 Å². The molecule has 5 heteroatoms. The fourth-order valence-electron chi connectivity index (χ4n) is 5.04. The Kier molecular flexibility index (Phi) is 6.54. The second kappa shape index (κ2) is 9.90. The number of nitrogens with one attached hydrogen (secondary N) is 2. The summed E-state index contributed by atoms with van der Waals surface area (Å²) in [6, 6.07) is 20.7. The monoisotopic (exact) mass is 454 g/mol. The van der Waals surface area contributed by atoms with E-state index in [2.05, 4.69) is 64.3 Å². The van der Waals surface area contributed by atoms with Crippen molar-refractivity contribution in [3.63, 3.8) is 0 Å². The first-order valence-electron chi connectivity index (χ1n) is 12.4. The smallest absolute Gasteiger partial charge is 0.251 e. The van der Waals surface area contributed by atoms with Crippen LogP contribution in [0.15, 0.2) is 60.7 Å². The number of hydrogen-bond acceptors (Lipinski definition) is 3. The lowest BCUT2D eigenvalue weighted by atomic mass is 10.1. The van der Waals surface area contributed by atoms with Gasteiger partial charge in [-0.05, 0) is 74.7 Å². The van der Waals surface area contributed by atoms with Gasteiger partial charge in [-0.15, -0.1) is 0 Å². The highest BCUT2D eigenvalue weighted by Gasteiger charge is 2.18. The summed E-state index contributed by atoms with van der Waals surface area (Å²) in [5, 5.41) is 5.36. The van der Waals surface area contributed by atoms with Gasteiger partial charge in [0.2, 0.25) is 0 Å². The van der Waals surface area contributed by atoms with E-state index in [0.29, 0.717) is 6.54 Å². The van der Waals surface area contributed by atoms with Crippen LogP contribution >= 0.6 is 0 Å². The fraction of sp³-hybridized carbons (Fsp3) is 0.345. The van der Waals surface area contributed by atoms with Gasteiger partial charge >= 0.3 is 0 Å². The van der Waals surface area contributed by atoms with Gasteiger partial charge in [0.15, 0.2) is 0 Å². The van der Waals surface area contributed by atoms with Crippen molar-refractivity contribution in [2.24, 2.45) is 0 Å². The number of unbranched alkanes of at least 4 members (excludes halogenated alkanes) is 1.